The summed E-state index contributed by atoms with van der Waals surface area (Å²) >= 11 is 1.11. The maximum atomic E-state index is 12.6. The zero-order valence-corrected chi connectivity index (χ0v) is 14.4. The molecule has 0 unspecified atom stereocenters. The molecule has 0 aliphatic carbocycles. The highest BCUT2D eigenvalue weighted by Crippen LogP contribution is 2.29. The van der Waals surface area contributed by atoms with Crippen molar-refractivity contribution >= 4 is 23.2 Å². The van der Waals surface area contributed by atoms with Crippen molar-refractivity contribution in [2.75, 3.05) is 5.75 Å². The fourth-order valence-electron chi connectivity index (χ4n) is 2.47. The molecular formula is C17H18N2O3S. The largest absolute Gasteiger partial charge is 0.301 e. The molecule has 1 aromatic carbocycles. The van der Waals surface area contributed by atoms with Gasteiger partial charge in [0.05, 0.1) is 10.7 Å². The smallest absolute Gasteiger partial charge is 0.293 e. The minimum Gasteiger partial charge on any atom is -0.293 e. The lowest BCUT2D eigenvalue weighted by atomic mass is 9.92. The van der Waals surface area contributed by atoms with E-state index in [2.05, 4.69) is 11.1 Å². The molecule has 0 bridgehead atoms. The number of aryl methyl sites for hydroxylation is 2. The van der Waals surface area contributed by atoms with Crippen LogP contribution < -0.4 is 0 Å². The average molecular weight is 330 g/mol. The van der Waals surface area contributed by atoms with Crippen LogP contribution in [0, 0.1) is 37.8 Å². The van der Waals surface area contributed by atoms with Gasteiger partial charge in [0.15, 0.2) is 10.8 Å². The van der Waals surface area contributed by atoms with Gasteiger partial charge in [0.1, 0.15) is 0 Å². The lowest BCUT2D eigenvalue weighted by molar-refractivity contribution is -0.388. The molecular weight excluding hydrogens is 312 g/mol. The van der Waals surface area contributed by atoms with Crippen molar-refractivity contribution in [1.82, 2.24) is 4.98 Å². The van der Waals surface area contributed by atoms with E-state index in [1.807, 2.05) is 27.7 Å². The number of nitrogens with zero attached hydrogens (tertiary/aromatic N) is 2. The molecule has 2 aromatic rings. The summed E-state index contributed by atoms with van der Waals surface area (Å²) in [6.07, 6.45) is 1.49. The molecule has 0 aliphatic heterocycles. The number of Topliss-reactive ketones (excluding diaryl/α,β-unsaturated/α-hetero) is 1. The van der Waals surface area contributed by atoms with E-state index in [-0.39, 0.29) is 22.2 Å². The molecule has 1 heterocycles. The maximum absolute atomic E-state index is 12.6. The number of carbonyl (C=O) groups is 1. The number of ketones is 1. The molecule has 0 amide bonds. The molecule has 6 heteroatoms. The number of benzene rings is 1. The lowest BCUT2D eigenvalue weighted by Gasteiger charge is -2.14. The van der Waals surface area contributed by atoms with Crippen LogP contribution in [-0.2, 0) is 0 Å². The second kappa shape index (κ2) is 6.91. The molecule has 23 heavy (non-hydrogen) atoms. The van der Waals surface area contributed by atoms with Gasteiger partial charge < -0.3 is 0 Å². The third-order valence-electron chi connectivity index (χ3n) is 3.93. The number of thioether (sulfide) groups is 1. The summed E-state index contributed by atoms with van der Waals surface area (Å²) in [5.41, 5.74) is 4.73. The molecule has 0 saturated heterocycles. The van der Waals surface area contributed by atoms with Crippen LogP contribution in [0.1, 0.15) is 32.6 Å². The standard InChI is InChI=1S/C17H18N2O3S/c1-10-8-11(2)13(4)16(12(10)3)15(20)9-23-17-14(19(21)22)6-5-7-18-17/h5-8H,9H2,1-4H3. The molecule has 0 saturated carbocycles. The van der Waals surface area contributed by atoms with Crippen molar-refractivity contribution in [3.63, 3.8) is 0 Å². The van der Waals surface area contributed by atoms with E-state index in [1.165, 1.54) is 18.3 Å². The highest BCUT2D eigenvalue weighted by atomic mass is 32.2. The van der Waals surface area contributed by atoms with Crippen LogP contribution in [0.15, 0.2) is 29.4 Å². The van der Waals surface area contributed by atoms with E-state index in [0.717, 1.165) is 34.0 Å². The summed E-state index contributed by atoms with van der Waals surface area (Å²) in [6, 6.07) is 4.98. The Kier molecular flexibility index (Phi) is 5.15. The Morgan fingerprint density at radius 1 is 1.22 bits per heavy atom. The molecule has 0 aliphatic rings. The number of nitro groups is 1. The van der Waals surface area contributed by atoms with Gasteiger partial charge in [-0.1, -0.05) is 17.8 Å². The fourth-order valence-corrected chi connectivity index (χ4v) is 3.31. The number of rotatable bonds is 5. The van der Waals surface area contributed by atoms with Crippen LogP contribution in [0.25, 0.3) is 0 Å². The van der Waals surface area contributed by atoms with E-state index in [0.29, 0.717) is 5.56 Å². The Labute approximate surface area is 139 Å². The van der Waals surface area contributed by atoms with Gasteiger partial charge in [-0.05, 0) is 56.0 Å². The van der Waals surface area contributed by atoms with Crippen LogP contribution in [0.5, 0.6) is 0 Å². The molecule has 120 valence electrons. The number of aromatic nitrogens is 1. The molecule has 0 radical (unpaired) electrons. The first-order valence-corrected chi connectivity index (χ1v) is 8.14. The molecule has 0 spiro atoms. The SMILES string of the molecule is Cc1cc(C)c(C)c(C(=O)CSc2ncccc2[N+](=O)[O-])c1C. The van der Waals surface area contributed by atoms with Gasteiger partial charge in [-0.2, -0.15) is 0 Å². The first-order valence-electron chi connectivity index (χ1n) is 7.15. The number of pyridine rings is 1. The van der Waals surface area contributed by atoms with Gasteiger partial charge in [-0.15, -0.1) is 0 Å². The van der Waals surface area contributed by atoms with E-state index in [4.69, 9.17) is 0 Å². The Morgan fingerprint density at radius 3 is 2.39 bits per heavy atom. The molecule has 0 atom stereocenters. The van der Waals surface area contributed by atoms with Gasteiger partial charge in [-0.3, -0.25) is 14.9 Å². The quantitative estimate of drug-likeness (QED) is 0.355. The van der Waals surface area contributed by atoms with Gasteiger partial charge in [0.2, 0.25) is 0 Å². The molecule has 5 nitrogen and oxygen atoms in total. The summed E-state index contributed by atoms with van der Waals surface area (Å²) in [5, 5.41) is 11.3. The van der Waals surface area contributed by atoms with Crippen LogP contribution >= 0.6 is 11.8 Å². The Morgan fingerprint density at radius 2 is 1.83 bits per heavy atom. The van der Waals surface area contributed by atoms with E-state index >= 15 is 0 Å². The van der Waals surface area contributed by atoms with Crippen LogP contribution in [-0.4, -0.2) is 21.4 Å². The molecule has 1 aromatic heterocycles. The topological polar surface area (TPSA) is 73.1 Å². The highest BCUT2D eigenvalue weighted by Gasteiger charge is 2.19. The monoisotopic (exact) mass is 330 g/mol. The maximum Gasteiger partial charge on any atom is 0.301 e. The summed E-state index contributed by atoms with van der Waals surface area (Å²) in [6.45, 7) is 7.83. The van der Waals surface area contributed by atoms with Gasteiger partial charge in [0.25, 0.3) is 0 Å². The normalized spacial score (nSPS) is 10.6. The predicted octanol–water partition coefficient (Wildman–Crippen LogP) is 4.20. The van der Waals surface area contributed by atoms with Crippen molar-refractivity contribution in [3.05, 3.63) is 62.3 Å². The van der Waals surface area contributed by atoms with Crippen molar-refractivity contribution < 1.29 is 9.72 Å². The fraction of sp³-hybridized carbons (Fsp3) is 0.294. The summed E-state index contributed by atoms with van der Waals surface area (Å²) in [5.74, 6) is 0.0966. The zero-order chi connectivity index (χ0) is 17.1. The number of hydrogen-bond acceptors (Lipinski definition) is 5. The van der Waals surface area contributed by atoms with Crippen LogP contribution in [0.2, 0.25) is 0 Å². The van der Waals surface area contributed by atoms with Gasteiger partial charge in [0, 0.05) is 17.8 Å². The Hall–Kier alpha value is -2.21. The second-order valence-electron chi connectivity index (χ2n) is 5.43. The van der Waals surface area contributed by atoms with Crippen molar-refractivity contribution in [2.24, 2.45) is 0 Å². The van der Waals surface area contributed by atoms with Crippen LogP contribution in [0.4, 0.5) is 5.69 Å². The van der Waals surface area contributed by atoms with Crippen molar-refractivity contribution in [2.45, 2.75) is 32.7 Å². The van der Waals surface area contributed by atoms with Crippen molar-refractivity contribution in [3.8, 4) is 0 Å². The Balaban J connectivity index is 2.27. The zero-order valence-electron chi connectivity index (χ0n) is 13.5. The molecule has 0 N–H and O–H groups in total. The van der Waals surface area contributed by atoms with Gasteiger partial charge >= 0.3 is 5.69 Å². The summed E-state index contributed by atoms with van der Waals surface area (Å²) < 4.78 is 0. The third-order valence-corrected chi connectivity index (χ3v) is 4.93. The summed E-state index contributed by atoms with van der Waals surface area (Å²) in [7, 11) is 0. The van der Waals surface area contributed by atoms with E-state index in [9.17, 15) is 14.9 Å². The highest BCUT2D eigenvalue weighted by molar-refractivity contribution is 8.00. The van der Waals surface area contributed by atoms with Crippen LogP contribution in [0.3, 0.4) is 0 Å². The van der Waals surface area contributed by atoms with Gasteiger partial charge in [-0.25, -0.2) is 4.98 Å². The Bertz CT molecular complexity index is 761. The number of hydrogen-bond donors (Lipinski definition) is 0. The lowest BCUT2D eigenvalue weighted by Crippen LogP contribution is -2.10. The van der Waals surface area contributed by atoms with E-state index in [1.54, 1.807) is 0 Å². The predicted molar refractivity (Wildman–Crippen MR) is 91.3 cm³/mol. The minimum atomic E-state index is -0.479. The molecule has 2 rings (SSSR count). The molecule has 0 fully saturated rings. The second-order valence-corrected chi connectivity index (χ2v) is 6.40. The van der Waals surface area contributed by atoms with Crippen molar-refractivity contribution in [1.29, 1.82) is 0 Å². The average Bonchev–Trinajstić information content (AvgIpc) is 2.51. The summed E-state index contributed by atoms with van der Waals surface area (Å²) in [4.78, 5) is 27.2. The van der Waals surface area contributed by atoms with E-state index < -0.39 is 4.92 Å². The number of carbonyl (C=O) groups excluding carboxylic acids is 1. The third kappa shape index (κ3) is 3.59. The minimum absolute atomic E-state index is 0.0308. The first kappa shape index (κ1) is 17.1. The first-order chi connectivity index (χ1) is 10.8.